The minimum absolute atomic E-state index is 0.00264. The van der Waals surface area contributed by atoms with Crippen LogP contribution in [0.1, 0.15) is 36.8 Å². The minimum Gasteiger partial charge on any atom is -0.356 e. The van der Waals surface area contributed by atoms with Gasteiger partial charge in [-0.3, -0.25) is 14.9 Å². The van der Waals surface area contributed by atoms with Gasteiger partial charge in [-0.15, -0.1) is 0 Å². The lowest BCUT2D eigenvalue weighted by Gasteiger charge is -2.43. The number of anilines is 2. The Hall–Kier alpha value is -3.19. The third-order valence-corrected chi connectivity index (χ3v) is 6.99. The summed E-state index contributed by atoms with van der Waals surface area (Å²) >= 11 is 0. The lowest BCUT2D eigenvalue weighted by Crippen LogP contribution is -2.47. The van der Waals surface area contributed by atoms with E-state index in [1.807, 2.05) is 56.4 Å². The van der Waals surface area contributed by atoms with Gasteiger partial charge in [-0.1, -0.05) is 30.7 Å². The molecule has 2 fully saturated rings. The second kappa shape index (κ2) is 10.8. The number of hydrogen-bond acceptors (Lipinski definition) is 5. The average Bonchev–Trinajstić information content (AvgIpc) is 2.94. The first kappa shape index (κ1) is 24.0. The van der Waals surface area contributed by atoms with Gasteiger partial charge < -0.3 is 15.1 Å². The number of amidine groups is 1. The van der Waals surface area contributed by atoms with E-state index >= 15 is 0 Å². The zero-order valence-corrected chi connectivity index (χ0v) is 20.3. The molecule has 180 valence electrons. The fourth-order valence-corrected chi connectivity index (χ4v) is 5.35. The van der Waals surface area contributed by atoms with E-state index in [1.165, 1.54) is 25.7 Å². The standard InChI is InChI=1S/C19H26N4O.C8H9NO/c1-20-17-19(24)22(2)16-9-4-3-8-15(16)18(21-17)23-11-13-6-5-7-14(10-13)12-23;1-7-3-2-4-8(5-7)9-6-10/h3-4,8-9,13-14,17,20H,5-7,10-12H2,1-2H3;2-6H,1H3,(H,9,10). The van der Waals surface area contributed by atoms with Gasteiger partial charge in [0.25, 0.3) is 5.91 Å². The van der Waals surface area contributed by atoms with Crippen molar-refractivity contribution in [3.63, 3.8) is 0 Å². The van der Waals surface area contributed by atoms with Crippen molar-refractivity contribution in [3.8, 4) is 0 Å². The molecular weight excluding hydrogens is 426 g/mol. The first-order valence-electron chi connectivity index (χ1n) is 12.1. The van der Waals surface area contributed by atoms with Crippen LogP contribution in [0.4, 0.5) is 11.4 Å². The molecule has 2 bridgehead atoms. The maximum Gasteiger partial charge on any atom is 0.266 e. The highest BCUT2D eigenvalue weighted by atomic mass is 16.2. The van der Waals surface area contributed by atoms with Crippen LogP contribution in [-0.2, 0) is 9.59 Å². The number of piperidine rings is 1. The largest absolute Gasteiger partial charge is 0.356 e. The topological polar surface area (TPSA) is 77.0 Å². The second-order valence-electron chi connectivity index (χ2n) is 9.49. The van der Waals surface area contributed by atoms with Crippen molar-refractivity contribution in [2.75, 3.05) is 37.4 Å². The molecule has 2 heterocycles. The predicted molar refractivity (Wildman–Crippen MR) is 137 cm³/mol. The quantitative estimate of drug-likeness (QED) is 0.685. The SMILES string of the molecule is CNC1N=C(N2CC3CCCC(C3)C2)c2ccccc2N(C)C1=O.Cc1cccc(NC=O)c1. The van der Waals surface area contributed by atoms with Crippen LogP contribution in [-0.4, -0.2) is 56.4 Å². The third kappa shape index (κ3) is 5.30. The van der Waals surface area contributed by atoms with Crippen LogP contribution in [0.15, 0.2) is 53.5 Å². The molecule has 0 spiro atoms. The number of likely N-dealkylation sites (N-methyl/N-ethyl adjacent to an activating group) is 2. The van der Waals surface area contributed by atoms with Gasteiger partial charge in [0.1, 0.15) is 5.84 Å². The molecule has 2 aliphatic heterocycles. The van der Waals surface area contributed by atoms with E-state index < -0.39 is 6.17 Å². The molecule has 5 rings (SSSR count). The van der Waals surface area contributed by atoms with Gasteiger partial charge in [0, 0.05) is 31.4 Å². The van der Waals surface area contributed by atoms with Gasteiger partial charge in [-0.25, -0.2) is 4.99 Å². The summed E-state index contributed by atoms with van der Waals surface area (Å²) in [7, 11) is 3.65. The molecule has 1 saturated carbocycles. The predicted octanol–water partition coefficient (Wildman–Crippen LogP) is 3.64. The van der Waals surface area contributed by atoms with E-state index in [4.69, 9.17) is 4.99 Å². The number of aryl methyl sites for hydroxylation is 1. The molecule has 7 nitrogen and oxygen atoms in total. The number of benzodiazepines with no additional fused rings is 1. The van der Waals surface area contributed by atoms with Crippen LogP contribution in [0.25, 0.3) is 0 Å². The molecule has 3 atom stereocenters. The Kier molecular flexibility index (Phi) is 7.63. The van der Waals surface area contributed by atoms with E-state index in [1.54, 1.807) is 11.9 Å². The van der Waals surface area contributed by atoms with Crippen LogP contribution < -0.4 is 15.5 Å². The molecule has 2 N–H and O–H groups in total. The highest BCUT2D eigenvalue weighted by Crippen LogP contribution is 2.36. The number of fused-ring (bicyclic) bond motifs is 3. The number of nitrogens with zero attached hydrogens (tertiary/aromatic N) is 3. The highest BCUT2D eigenvalue weighted by Gasteiger charge is 2.35. The Bertz CT molecular complexity index is 1040. The average molecular weight is 462 g/mol. The summed E-state index contributed by atoms with van der Waals surface area (Å²) < 4.78 is 0. The van der Waals surface area contributed by atoms with Crippen molar-refractivity contribution in [1.82, 2.24) is 10.2 Å². The lowest BCUT2D eigenvalue weighted by atomic mass is 9.78. The Morgan fingerprint density at radius 2 is 1.79 bits per heavy atom. The zero-order chi connectivity index (χ0) is 24.1. The first-order chi connectivity index (χ1) is 16.5. The van der Waals surface area contributed by atoms with Crippen molar-refractivity contribution in [2.24, 2.45) is 16.8 Å². The Morgan fingerprint density at radius 3 is 2.47 bits per heavy atom. The summed E-state index contributed by atoms with van der Waals surface area (Å²) in [6, 6.07) is 15.8. The summed E-state index contributed by atoms with van der Waals surface area (Å²) in [5, 5.41) is 5.64. The van der Waals surface area contributed by atoms with Crippen molar-refractivity contribution < 1.29 is 9.59 Å². The molecule has 1 aliphatic carbocycles. The van der Waals surface area contributed by atoms with Crippen LogP contribution >= 0.6 is 0 Å². The number of hydrogen-bond donors (Lipinski definition) is 2. The van der Waals surface area contributed by atoms with Gasteiger partial charge in [-0.05, 0) is 74.9 Å². The number of rotatable bonds is 3. The molecule has 0 radical (unpaired) electrons. The summed E-state index contributed by atoms with van der Waals surface area (Å²) in [5.74, 6) is 2.53. The van der Waals surface area contributed by atoms with Crippen LogP contribution in [0.3, 0.4) is 0 Å². The molecule has 34 heavy (non-hydrogen) atoms. The molecule has 3 unspecified atom stereocenters. The number of para-hydroxylation sites is 1. The van der Waals surface area contributed by atoms with Crippen LogP contribution in [0.2, 0.25) is 0 Å². The van der Waals surface area contributed by atoms with Gasteiger partial charge in [0.2, 0.25) is 6.41 Å². The normalized spacial score (nSPS) is 23.7. The number of carbonyl (C=O) groups excluding carboxylic acids is 2. The van der Waals surface area contributed by atoms with Gasteiger partial charge in [-0.2, -0.15) is 0 Å². The lowest BCUT2D eigenvalue weighted by molar-refractivity contribution is -0.120. The van der Waals surface area contributed by atoms with Crippen molar-refractivity contribution in [2.45, 2.75) is 38.8 Å². The number of benzene rings is 2. The fraction of sp³-hybridized carbons (Fsp3) is 0.444. The maximum absolute atomic E-state index is 12.7. The molecule has 2 amide bonds. The van der Waals surface area contributed by atoms with Gasteiger partial charge in [0.05, 0.1) is 5.69 Å². The minimum atomic E-state index is -0.515. The maximum atomic E-state index is 12.7. The zero-order valence-electron chi connectivity index (χ0n) is 20.3. The van der Waals surface area contributed by atoms with E-state index in [0.717, 1.165) is 53.3 Å². The highest BCUT2D eigenvalue weighted by molar-refractivity contribution is 6.11. The van der Waals surface area contributed by atoms with E-state index in [9.17, 15) is 9.59 Å². The molecule has 1 saturated heterocycles. The van der Waals surface area contributed by atoms with E-state index in [0.29, 0.717) is 6.41 Å². The second-order valence-corrected chi connectivity index (χ2v) is 9.49. The molecule has 0 aromatic heterocycles. The number of amides is 2. The molecular formula is C27H35N5O2. The molecule has 2 aromatic rings. The van der Waals surface area contributed by atoms with Crippen molar-refractivity contribution in [1.29, 1.82) is 0 Å². The summed E-state index contributed by atoms with van der Waals surface area (Å²) in [6.45, 7) is 4.12. The van der Waals surface area contributed by atoms with Crippen LogP contribution in [0, 0.1) is 18.8 Å². The number of carbonyl (C=O) groups is 2. The van der Waals surface area contributed by atoms with Crippen LogP contribution in [0.5, 0.6) is 0 Å². The number of likely N-dealkylation sites (tertiary alicyclic amines) is 1. The van der Waals surface area contributed by atoms with Gasteiger partial charge in [0.15, 0.2) is 6.17 Å². The Morgan fingerprint density at radius 1 is 1.06 bits per heavy atom. The fourth-order valence-electron chi connectivity index (χ4n) is 5.35. The number of nitrogens with one attached hydrogen (secondary N) is 2. The molecule has 3 aliphatic rings. The summed E-state index contributed by atoms with van der Waals surface area (Å²) in [5.41, 5.74) is 4.02. The molecule has 2 aromatic carbocycles. The summed E-state index contributed by atoms with van der Waals surface area (Å²) in [6.07, 6.45) is 5.55. The monoisotopic (exact) mass is 461 g/mol. The Balaban J connectivity index is 0.000000231. The van der Waals surface area contributed by atoms with Crippen molar-refractivity contribution in [3.05, 3.63) is 59.7 Å². The number of aliphatic imine (C=N–C) groups is 1. The van der Waals surface area contributed by atoms with Crippen molar-refractivity contribution >= 4 is 29.5 Å². The first-order valence-corrected chi connectivity index (χ1v) is 12.1. The van der Waals surface area contributed by atoms with E-state index in [2.05, 4.69) is 21.6 Å². The van der Waals surface area contributed by atoms with E-state index in [-0.39, 0.29) is 5.91 Å². The summed E-state index contributed by atoms with van der Waals surface area (Å²) in [4.78, 5) is 31.7. The smallest absolute Gasteiger partial charge is 0.266 e. The third-order valence-electron chi connectivity index (χ3n) is 6.99. The Labute approximate surface area is 202 Å². The molecule has 7 heteroatoms. The van der Waals surface area contributed by atoms with Gasteiger partial charge >= 0.3 is 0 Å².